The minimum Gasteiger partial charge on any atom is -0.336 e. The van der Waals surface area contributed by atoms with E-state index < -0.39 is 15.1 Å². The second-order valence-corrected chi connectivity index (χ2v) is 12.4. The zero-order valence-corrected chi connectivity index (χ0v) is 21.6. The molecule has 1 aliphatic heterocycles. The second-order valence-electron chi connectivity index (χ2n) is 9.27. The molecule has 1 aliphatic carbocycles. The van der Waals surface area contributed by atoms with E-state index in [0.717, 1.165) is 24.9 Å². The van der Waals surface area contributed by atoms with Crippen LogP contribution in [-0.4, -0.2) is 72.6 Å². The number of nitrogens with one attached hydrogen (secondary N) is 1. The average molecular weight is 527 g/mol. The van der Waals surface area contributed by atoms with Gasteiger partial charge in [0, 0.05) is 44.1 Å². The highest BCUT2D eigenvalue weighted by Gasteiger charge is 2.25. The molecule has 1 saturated heterocycles. The lowest BCUT2D eigenvalue weighted by Crippen LogP contribution is -2.47. The molecule has 5 rings (SSSR count). The van der Waals surface area contributed by atoms with E-state index in [1.165, 1.54) is 11.3 Å². The van der Waals surface area contributed by atoms with E-state index in [4.69, 9.17) is 0 Å². The fraction of sp³-hybridized carbons (Fsp3) is 0.346. The van der Waals surface area contributed by atoms with Crippen LogP contribution < -0.4 is 5.56 Å². The van der Waals surface area contributed by atoms with Crippen molar-refractivity contribution in [2.45, 2.75) is 23.8 Å². The molecule has 1 fully saturated rings. The van der Waals surface area contributed by atoms with E-state index >= 15 is 0 Å². The number of piperazine rings is 1. The Morgan fingerprint density at radius 1 is 1.19 bits per heavy atom. The highest BCUT2D eigenvalue weighted by Crippen LogP contribution is 2.26. The van der Waals surface area contributed by atoms with Crippen LogP contribution in [-0.2, 0) is 15.6 Å². The summed E-state index contributed by atoms with van der Waals surface area (Å²) < 4.78 is 25.8. The number of rotatable bonds is 5. The number of amides is 1. The van der Waals surface area contributed by atoms with E-state index in [2.05, 4.69) is 14.9 Å². The number of thiazole rings is 1. The summed E-state index contributed by atoms with van der Waals surface area (Å²) in [4.78, 5) is 37.2. The molecule has 1 atom stereocenters. The molecule has 0 bridgehead atoms. The van der Waals surface area contributed by atoms with Crippen LogP contribution in [0.25, 0.3) is 22.2 Å². The predicted molar refractivity (Wildman–Crippen MR) is 145 cm³/mol. The maximum atomic E-state index is 12.9. The van der Waals surface area contributed by atoms with Gasteiger partial charge in [-0.2, -0.15) is 0 Å². The van der Waals surface area contributed by atoms with Gasteiger partial charge in [0.1, 0.15) is 10.8 Å². The maximum Gasteiger partial charge on any atom is 0.257 e. The van der Waals surface area contributed by atoms with Gasteiger partial charge >= 0.3 is 0 Å². The molecule has 0 saturated carbocycles. The van der Waals surface area contributed by atoms with Crippen molar-refractivity contribution in [1.29, 1.82) is 0 Å². The van der Waals surface area contributed by atoms with Crippen LogP contribution in [0.1, 0.15) is 29.6 Å². The van der Waals surface area contributed by atoms with Gasteiger partial charge in [0.25, 0.3) is 11.5 Å². The van der Waals surface area contributed by atoms with Gasteiger partial charge < -0.3 is 14.8 Å². The van der Waals surface area contributed by atoms with Crippen molar-refractivity contribution in [3.63, 3.8) is 0 Å². The van der Waals surface area contributed by atoms with Gasteiger partial charge in [0.05, 0.1) is 16.5 Å². The van der Waals surface area contributed by atoms with Gasteiger partial charge in [-0.3, -0.25) is 9.59 Å². The van der Waals surface area contributed by atoms with Crippen LogP contribution in [0.3, 0.4) is 0 Å². The molecular weight excluding hydrogens is 496 g/mol. The number of allylic oxidation sites excluding steroid dienone is 3. The molecule has 2 aliphatic rings. The molecule has 8 nitrogen and oxygen atoms in total. The molecule has 3 heterocycles. The minimum absolute atomic E-state index is 0. The Bertz CT molecular complexity index is 1520. The lowest BCUT2D eigenvalue weighted by Gasteiger charge is -2.32. The first kappa shape index (κ1) is 24.6. The molecule has 0 radical (unpaired) electrons. The largest absolute Gasteiger partial charge is 0.336 e. The number of hydrogen-bond acceptors (Lipinski definition) is 7. The Labute approximate surface area is 215 Å². The molecule has 0 spiro atoms. The fourth-order valence-electron chi connectivity index (χ4n) is 4.52. The van der Waals surface area contributed by atoms with Crippen LogP contribution >= 0.6 is 11.3 Å². The summed E-state index contributed by atoms with van der Waals surface area (Å²) in [6.45, 7) is 3.03. The van der Waals surface area contributed by atoms with E-state index in [1.807, 2.05) is 30.2 Å². The number of fused-ring (bicyclic) bond motifs is 1. The summed E-state index contributed by atoms with van der Waals surface area (Å²) in [5.41, 5.74) is 1.61. The number of carbonyl (C=O) groups excluding carboxylic acids is 1. The first-order chi connectivity index (χ1) is 17.3. The van der Waals surface area contributed by atoms with Crippen molar-refractivity contribution >= 4 is 38.0 Å². The van der Waals surface area contributed by atoms with Crippen molar-refractivity contribution in [3.8, 4) is 11.3 Å². The average Bonchev–Trinajstić information content (AvgIpc) is 3.12. The van der Waals surface area contributed by atoms with E-state index in [-0.39, 0.29) is 18.6 Å². The zero-order valence-electron chi connectivity index (χ0n) is 20.0. The van der Waals surface area contributed by atoms with Gasteiger partial charge in [-0.05, 0) is 43.5 Å². The number of carbonyl (C=O) groups is 1. The molecule has 36 heavy (non-hydrogen) atoms. The number of sulfone groups is 1. The second kappa shape index (κ2) is 10.1. The SMILES string of the molecule is CN1CCN(C(=O)c2ccc3cc(-c4csc(CS(=O)(=O)C5C=CC=CCC5)n4)c(=O)[nH]c3c2)CC1.[HH]. The summed E-state index contributed by atoms with van der Waals surface area (Å²) >= 11 is 1.24. The number of nitrogens with zero attached hydrogens (tertiary/aromatic N) is 3. The smallest absolute Gasteiger partial charge is 0.257 e. The van der Waals surface area contributed by atoms with E-state index in [1.54, 1.807) is 35.7 Å². The number of H-pyrrole nitrogens is 1. The van der Waals surface area contributed by atoms with Crippen LogP contribution in [0, 0.1) is 0 Å². The summed E-state index contributed by atoms with van der Waals surface area (Å²) in [6, 6.07) is 7.06. The third-order valence-electron chi connectivity index (χ3n) is 6.69. The zero-order chi connectivity index (χ0) is 25.3. The highest BCUT2D eigenvalue weighted by atomic mass is 32.2. The molecule has 1 aromatic carbocycles. The first-order valence-corrected chi connectivity index (χ1v) is 14.5. The third kappa shape index (κ3) is 5.21. The van der Waals surface area contributed by atoms with Crippen LogP contribution in [0.15, 0.2) is 58.7 Å². The van der Waals surface area contributed by atoms with Crippen molar-refractivity contribution in [2.24, 2.45) is 0 Å². The molecule has 1 amide bonds. The monoisotopic (exact) mass is 526 g/mol. The lowest BCUT2D eigenvalue weighted by molar-refractivity contribution is 0.0664. The van der Waals surface area contributed by atoms with E-state index in [9.17, 15) is 18.0 Å². The molecule has 190 valence electrons. The minimum atomic E-state index is -3.40. The molecular formula is C26H30N4O4S2. The summed E-state index contributed by atoms with van der Waals surface area (Å²) in [5, 5.41) is 2.42. The lowest BCUT2D eigenvalue weighted by atomic mass is 10.1. The van der Waals surface area contributed by atoms with Crippen molar-refractivity contribution < 1.29 is 14.6 Å². The number of hydrogen-bond donors (Lipinski definition) is 1. The highest BCUT2D eigenvalue weighted by molar-refractivity contribution is 7.91. The number of aromatic nitrogens is 2. The van der Waals surface area contributed by atoms with Crippen LogP contribution in [0.4, 0.5) is 0 Å². The normalized spacial score (nSPS) is 19.0. The summed E-state index contributed by atoms with van der Waals surface area (Å²) in [6.07, 6.45) is 8.61. The molecule has 3 aromatic rings. The van der Waals surface area contributed by atoms with Crippen molar-refractivity contribution in [1.82, 2.24) is 19.8 Å². The first-order valence-electron chi connectivity index (χ1n) is 11.9. The maximum absolute atomic E-state index is 12.9. The number of likely N-dealkylation sites (N-methyl/N-ethyl adjacent to an activating group) is 1. The number of benzene rings is 1. The molecule has 10 heteroatoms. The Kier molecular flexibility index (Phi) is 6.92. The number of aromatic amines is 1. The number of pyridine rings is 1. The fourth-order valence-corrected chi connectivity index (χ4v) is 7.31. The Hall–Kier alpha value is -3.08. The topological polar surface area (TPSA) is 103 Å². The van der Waals surface area contributed by atoms with Crippen molar-refractivity contribution in [3.05, 3.63) is 74.9 Å². The van der Waals surface area contributed by atoms with Gasteiger partial charge in [0.2, 0.25) is 0 Å². The van der Waals surface area contributed by atoms with E-state index in [0.29, 0.717) is 46.9 Å². The Balaban J connectivity index is 0.00000320. The molecule has 1 unspecified atom stereocenters. The van der Waals surface area contributed by atoms with Crippen LogP contribution in [0.2, 0.25) is 0 Å². The summed E-state index contributed by atoms with van der Waals surface area (Å²) in [5.74, 6) is -0.199. The Morgan fingerprint density at radius 3 is 2.81 bits per heavy atom. The van der Waals surface area contributed by atoms with Gasteiger partial charge in [-0.25, -0.2) is 13.4 Å². The quantitative estimate of drug-likeness (QED) is 0.546. The Morgan fingerprint density at radius 2 is 2.00 bits per heavy atom. The van der Waals surface area contributed by atoms with Gasteiger partial charge in [0.15, 0.2) is 9.84 Å². The standard InChI is InChI=1S/C26H28N4O4S2.H2/c1-29-10-12-30(13-11-29)26(32)19-9-8-18-14-21(25(31)28-22(18)15-19)23-16-35-24(27-23)17-36(33,34)20-6-4-2-3-5-7-20;/h2-4,6,8-9,14-16,20H,5,7,10-13,17H2,1H3,(H,28,31);1H. The third-order valence-corrected chi connectivity index (χ3v) is 9.71. The van der Waals surface area contributed by atoms with Crippen molar-refractivity contribution in [2.75, 3.05) is 33.2 Å². The predicted octanol–water partition coefficient (Wildman–Crippen LogP) is 3.47. The summed E-state index contributed by atoms with van der Waals surface area (Å²) in [7, 11) is -1.36. The molecule has 2 aromatic heterocycles. The van der Waals surface area contributed by atoms with Gasteiger partial charge in [-0.1, -0.05) is 30.4 Å². The van der Waals surface area contributed by atoms with Crippen LogP contribution in [0.5, 0.6) is 0 Å². The molecule has 1 N–H and O–H groups in total. The van der Waals surface area contributed by atoms with Gasteiger partial charge in [-0.15, -0.1) is 11.3 Å².